The molecule has 5 heteroatoms. The van der Waals surface area contributed by atoms with Gasteiger partial charge in [0.25, 0.3) is 5.91 Å². The first kappa shape index (κ1) is 15.0. The van der Waals surface area contributed by atoms with Crippen LogP contribution in [0.5, 0.6) is 0 Å². The van der Waals surface area contributed by atoms with Crippen molar-refractivity contribution in [2.75, 3.05) is 6.54 Å². The SMILES string of the molecule is CC(C)c1ccc([C@]2(C)NC(=O)N(CCC#N)C2=O)cc1. The van der Waals surface area contributed by atoms with Gasteiger partial charge in [0.15, 0.2) is 0 Å². The molecule has 1 aromatic carbocycles. The van der Waals surface area contributed by atoms with Crippen LogP contribution in [-0.4, -0.2) is 23.4 Å². The lowest BCUT2D eigenvalue weighted by Gasteiger charge is -2.22. The lowest BCUT2D eigenvalue weighted by Crippen LogP contribution is -2.41. The number of nitrogens with zero attached hydrogens (tertiary/aromatic N) is 2. The van der Waals surface area contributed by atoms with Gasteiger partial charge in [0.05, 0.1) is 12.5 Å². The summed E-state index contributed by atoms with van der Waals surface area (Å²) in [5.41, 5.74) is 0.882. The van der Waals surface area contributed by atoms with Crippen molar-refractivity contribution in [3.05, 3.63) is 35.4 Å². The zero-order valence-electron chi connectivity index (χ0n) is 12.5. The highest BCUT2D eigenvalue weighted by molar-refractivity contribution is 6.07. The minimum atomic E-state index is -1.05. The Balaban J connectivity index is 2.28. The maximum atomic E-state index is 12.5. The molecule has 1 N–H and O–H groups in total. The van der Waals surface area contributed by atoms with Crippen LogP contribution in [0.25, 0.3) is 0 Å². The Morgan fingerprint density at radius 3 is 2.43 bits per heavy atom. The summed E-state index contributed by atoms with van der Waals surface area (Å²) in [7, 11) is 0. The third-order valence-electron chi connectivity index (χ3n) is 3.88. The zero-order chi connectivity index (χ0) is 15.6. The summed E-state index contributed by atoms with van der Waals surface area (Å²) in [6, 6.07) is 9.21. The van der Waals surface area contributed by atoms with Gasteiger partial charge in [-0.2, -0.15) is 5.26 Å². The first-order valence-corrected chi connectivity index (χ1v) is 7.01. The predicted octanol–water partition coefficient (Wildman–Crippen LogP) is 2.49. The smallest absolute Gasteiger partial charge is 0.319 e. The summed E-state index contributed by atoms with van der Waals surface area (Å²) < 4.78 is 0. The summed E-state index contributed by atoms with van der Waals surface area (Å²) in [6.45, 7) is 6.02. The van der Waals surface area contributed by atoms with Gasteiger partial charge in [-0.1, -0.05) is 38.1 Å². The van der Waals surface area contributed by atoms with Crippen LogP contribution in [-0.2, 0) is 10.3 Å². The number of benzene rings is 1. The number of rotatable bonds is 4. The summed E-state index contributed by atoms with van der Waals surface area (Å²) in [5, 5.41) is 11.3. The molecule has 1 aromatic rings. The number of imide groups is 1. The van der Waals surface area contributed by atoms with E-state index >= 15 is 0 Å². The van der Waals surface area contributed by atoms with Crippen molar-refractivity contribution in [2.24, 2.45) is 0 Å². The Morgan fingerprint density at radius 1 is 1.29 bits per heavy atom. The van der Waals surface area contributed by atoms with Gasteiger partial charge in [0.1, 0.15) is 5.54 Å². The molecule has 3 amide bonds. The van der Waals surface area contributed by atoms with Crippen molar-refractivity contribution in [1.82, 2.24) is 10.2 Å². The molecule has 1 heterocycles. The van der Waals surface area contributed by atoms with Gasteiger partial charge in [-0.3, -0.25) is 9.69 Å². The molecule has 1 atom stereocenters. The fourth-order valence-electron chi connectivity index (χ4n) is 2.46. The van der Waals surface area contributed by atoms with Crippen LogP contribution in [0.1, 0.15) is 44.2 Å². The minimum absolute atomic E-state index is 0.126. The Hall–Kier alpha value is -2.35. The number of carbonyl (C=O) groups excluding carboxylic acids is 2. The average Bonchev–Trinajstić information content (AvgIpc) is 2.68. The first-order valence-electron chi connectivity index (χ1n) is 7.01. The van der Waals surface area contributed by atoms with Crippen molar-refractivity contribution in [3.63, 3.8) is 0 Å². The van der Waals surface area contributed by atoms with E-state index in [1.807, 2.05) is 30.3 Å². The van der Waals surface area contributed by atoms with Crippen molar-refractivity contribution >= 4 is 11.9 Å². The molecule has 0 aromatic heterocycles. The Bertz CT molecular complexity index is 601. The van der Waals surface area contributed by atoms with Crippen LogP contribution in [0.15, 0.2) is 24.3 Å². The van der Waals surface area contributed by atoms with E-state index in [-0.39, 0.29) is 18.9 Å². The van der Waals surface area contributed by atoms with E-state index in [1.54, 1.807) is 6.92 Å². The third-order valence-corrected chi connectivity index (χ3v) is 3.88. The molecule has 1 saturated heterocycles. The number of urea groups is 1. The highest BCUT2D eigenvalue weighted by Gasteiger charge is 2.48. The second kappa shape index (κ2) is 5.57. The quantitative estimate of drug-likeness (QED) is 0.864. The van der Waals surface area contributed by atoms with E-state index in [9.17, 15) is 9.59 Å². The monoisotopic (exact) mass is 285 g/mol. The van der Waals surface area contributed by atoms with Crippen molar-refractivity contribution in [2.45, 2.75) is 38.6 Å². The summed E-state index contributed by atoms with van der Waals surface area (Å²) in [6.07, 6.45) is 0.140. The lowest BCUT2D eigenvalue weighted by atomic mass is 9.90. The van der Waals surface area contributed by atoms with E-state index in [4.69, 9.17) is 5.26 Å². The number of nitrogens with one attached hydrogen (secondary N) is 1. The Kier molecular flexibility index (Phi) is 3.99. The van der Waals surface area contributed by atoms with E-state index in [0.29, 0.717) is 5.92 Å². The molecule has 0 unspecified atom stereocenters. The van der Waals surface area contributed by atoms with E-state index in [1.165, 1.54) is 5.56 Å². The molecule has 0 aliphatic carbocycles. The van der Waals surface area contributed by atoms with Crippen LogP contribution in [0.2, 0.25) is 0 Å². The van der Waals surface area contributed by atoms with Gasteiger partial charge in [-0.05, 0) is 24.0 Å². The zero-order valence-corrected chi connectivity index (χ0v) is 12.5. The normalized spacial score (nSPS) is 21.6. The third kappa shape index (κ3) is 2.62. The van der Waals surface area contributed by atoms with Gasteiger partial charge in [0.2, 0.25) is 0 Å². The molecule has 0 radical (unpaired) electrons. The molecule has 1 aliphatic heterocycles. The number of hydrogen-bond acceptors (Lipinski definition) is 3. The van der Waals surface area contributed by atoms with Crippen LogP contribution < -0.4 is 5.32 Å². The average molecular weight is 285 g/mol. The number of nitriles is 1. The number of amides is 3. The highest BCUT2D eigenvalue weighted by atomic mass is 16.2. The molecule has 21 heavy (non-hydrogen) atoms. The molecular formula is C16H19N3O2. The molecule has 1 aliphatic rings. The molecule has 0 spiro atoms. The largest absolute Gasteiger partial charge is 0.325 e. The van der Waals surface area contributed by atoms with Crippen LogP contribution in [0.3, 0.4) is 0 Å². The van der Waals surface area contributed by atoms with E-state index < -0.39 is 11.6 Å². The molecule has 2 rings (SSSR count). The fraction of sp³-hybridized carbons (Fsp3) is 0.438. The van der Waals surface area contributed by atoms with Gasteiger partial charge in [0, 0.05) is 6.54 Å². The maximum Gasteiger partial charge on any atom is 0.325 e. The predicted molar refractivity (Wildman–Crippen MR) is 78.4 cm³/mol. The van der Waals surface area contributed by atoms with Crippen molar-refractivity contribution in [1.29, 1.82) is 5.26 Å². The molecule has 0 bridgehead atoms. The lowest BCUT2D eigenvalue weighted by molar-refractivity contribution is -0.131. The second-order valence-electron chi connectivity index (χ2n) is 5.70. The van der Waals surface area contributed by atoms with Crippen molar-refractivity contribution in [3.8, 4) is 6.07 Å². The second-order valence-corrected chi connectivity index (χ2v) is 5.70. The van der Waals surface area contributed by atoms with Gasteiger partial charge in [-0.15, -0.1) is 0 Å². The summed E-state index contributed by atoms with van der Waals surface area (Å²) >= 11 is 0. The Morgan fingerprint density at radius 2 is 1.90 bits per heavy atom. The Labute approximate surface area is 124 Å². The maximum absolute atomic E-state index is 12.5. The molecule has 5 nitrogen and oxygen atoms in total. The van der Waals surface area contributed by atoms with Gasteiger partial charge in [-0.25, -0.2) is 4.79 Å². The summed E-state index contributed by atoms with van der Waals surface area (Å²) in [4.78, 5) is 25.5. The first-order chi connectivity index (χ1) is 9.90. The fourth-order valence-corrected chi connectivity index (χ4v) is 2.46. The van der Waals surface area contributed by atoms with E-state index in [2.05, 4.69) is 19.2 Å². The van der Waals surface area contributed by atoms with Crippen LogP contribution in [0.4, 0.5) is 4.79 Å². The topological polar surface area (TPSA) is 73.2 Å². The van der Waals surface area contributed by atoms with Gasteiger partial charge < -0.3 is 5.32 Å². The van der Waals surface area contributed by atoms with Crippen molar-refractivity contribution < 1.29 is 9.59 Å². The minimum Gasteiger partial charge on any atom is -0.319 e. The van der Waals surface area contributed by atoms with E-state index in [0.717, 1.165) is 10.5 Å². The summed E-state index contributed by atoms with van der Waals surface area (Å²) in [5.74, 6) is 0.105. The highest BCUT2D eigenvalue weighted by Crippen LogP contribution is 2.29. The molecule has 0 saturated carbocycles. The number of carbonyl (C=O) groups is 2. The van der Waals surface area contributed by atoms with Gasteiger partial charge >= 0.3 is 6.03 Å². The van der Waals surface area contributed by atoms with Crippen LogP contribution >= 0.6 is 0 Å². The van der Waals surface area contributed by atoms with Crippen LogP contribution in [0, 0.1) is 11.3 Å². The molecular weight excluding hydrogens is 266 g/mol. The number of hydrogen-bond donors (Lipinski definition) is 1. The standard InChI is InChI=1S/C16H19N3O2/c1-11(2)12-5-7-13(8-6-12)16(3)14(20)19(10-4-9-17)15(21)18-16/h5-8,11H,4,10H2,1-3H3,(H,18,21)/t16-/m0/s1. The molecule has 110 valence electrons. The molecule has 1 fully saturated rings.